The molecule has 0 aliphatic rings. The summed E-state index contributed by atoms with van der Waals surface area (Å²) in [6.07, 6.45) is 3.74. The van der Waals surface area contributed by atoms with E-state index in [9.17, 15) is 13.2 Å². The van der Waals surface area contributed by atoms with Crippen LogP contribution >= 0.6 is 0 Å². The SMILES string of the molecule is CCCCCCCCCC(C)(C)C(F)(F)F. The molecule has 0 radical (unpaired) electrons. The van der Waals surface area contributed by atoms with Gasteiger partial charge in [0.05, 0.1) is 5.41 Å². The Morgan fingerprint density at radius 3 is 1.62 bits per heavy atom. The van der Waals surface area contributed by atoms with Crippen LogP contribution < -0.4 is 0 Å². The highest BCUT2D eigenvalue weighted by Gasteiger charge is 2.46. The summed E-state index contributed by atoms with van der Waals surface area (Å²) in [5, 5.41) is 0. The van der Waals surface area contributed by atoms with Crippen LogP contribution in [0.3, 0.4) is 0 Å². The second kappa shape index (κ2) is 7.18. The Morgan fingerprint density at radius 2 is 1.19 bits per heavy atom. The molecule has 0 nitrogen and oxygen atoms in total. The van der Waals surface area contributed by atoms with Crippen molar-refractivity contribution >= 4 is 0 Å². The molecule has 0 aromatic carbocycles. The minimum absolute atomic E-state index is 0.254. The third-order valence-corrected chi connectivity index (χ3v) is 3.17. The molecule has 98 valence electrons. The fraction of sp³-hybridized carbons (Fsp3) is 1.00. The van der Waals surface area contributed by atoms with Crippen molar-refractivity contribution in [3.8, 4) is 0 Å². The van der Waals surface area contributed by atoms with E-state index in [0.29, 0.717) is 6.42 Å². The van der Waals surface area contributed by atoms with Crippen molar-refractivity contribution in [2.75, 3.05) is 0 Å². The summed E-state index contributed by atoms with van der Waals surface area (Å²) in [5.41, 5.74) is -1.52. The van der Waals surface area contributed by atoms with Gasteiger partial charge in [-0.1, -0.05) is 65.7 Å². The second-order valence-corrected chi connectivity index (χ2v) is 5.25. The number of halogens is 3. The van der Waals surface area contributed by atoms with Crippen molar-refractivity contribution in [3.63, 3.8) is 0 Å². The average Bonchev–Trinajstić information content (AvgIpc) is 2.14. The second-order valence-electron chi connectivity index (χ2n) is 5.25. The molecule has 0 atom stereocenters. The zero-order chi connectivity index (χ0) is 12.7. The predicted octanol–water partition coefficient (Wildman–Crippen LogP) is 5.72. The third-order valence-electron chi connectivity index (χ3n) is 3.17. The van der Waals surface area contributed by atoms with Gasteiger partial charge in [-0.05, 0) is 6.42 Å². The van der Waals surface area contributed by atoms with Gasteiger partial charge in [-0.15, -0.1) is 0 Å². The number of rotatable bonds is 8. The Bertz CT molecular complexity index is 171. The van der Waals surface area contributed by atoms with E-state index < -0.39 is 11.6 Å². The Labute approximate surface area is 97.6 Å². The van der Waals surface area contributed by atoms with E-state index in [0.717, 1.165) is 12.8 Å². The molecular formula is C13H25F3. The quantitative estimate of drug-likeness (QED) is 0.475. The van der Waals surface area contributed by atoms with E-state index in [1.54, 1.807) is 0 Å². The minimum Gasteiger partial charge on any atom is -0.171 e. The molecule has 16 heavy (non-hydrogen) atoms. The maximum absolute atomic E-state index is 12.5. The largest absolute Gasteiger partial charge is 0.393 e. The smallest absolute Gasteiger partial charge is 0.171 e. The van der Waals surface area contributed by atoms with E-state index in [4.69, 9.17) is 0 Å². The first-order valence-corrected chi connectivity index (χ1v) is 6.38. The summed E-state index contributed by atoms with van der Waals surface area (Å²) < 4.78 is 37.5. The molecule has 0 bridgehead atoms. The lowest BCUT2D eigenvalue weighted by Gasteiger charge is -2.27. The molecule has 0 unspecified atom stereocenters. The molecular weight excluding hydrogens is 213 g/mol. The lowest BCUT2D eigenvalue weighted by atomic mass is 9.86. The van der Waals surface area contributed by atoms with Crippen LogP contribution in [-0.4, -0.2) is 6.18 Å². The van der Waals surface area contributed by atoms with Crippen LogP contribution in [0.2, 0.25) is 0 Å². The lowest BCUT2D eigenvalue weighted by molar-refractivity contribution is -0.214. The van der Waals surface area contributed by atoms with Gasteiger partial charge < -0.3 is 0 Å². The molecule has 0 fully saturated rings. The highest BCUT2D eigenvalue weighted by molar-refractivity contribution is 4.76. The Hall–Kier alpha value is -0.210. The molecule has 0 aromatic rings. The van der Waals surface area contributed by atoms with Gasteiger partial charge in [0.1, 0.15) is 0 Å². The number of alkyl halides is 3. The monoisotopic (exact) mass is 238 g/mol. The number of hydrogen-bond acceptors (Lipinski definition) is 0. The molecule has 3 heteroatoms. The van der Waals surface area contributed by atoms with Gasteiger partial charge in [0.25, 0.3) is 0 Å². The first kappa shape index (κ1) is 15.8. The summed E-state index contributed by atoms with van der Waals surface area (Å²) in [7, 11) is 0. The van der Waals surface area contributed by atoms with E-state index in [1.165, 1.54) is 39.5 Å². The van der Waals surface area contributed by atoms with Crippen molar-refractivity contribution in [2.24, 2.45) is 5.41 Å². The van der Waals surface area contributed by atoms with Gasteiger partial charge in [0.15, 0.2) is 0 Å². The van der Waals surface area contributed by atoms with E-state index >= 15 is 0 Å². The van der Waals surface area contributed by atoms with Gasteiger partial charge in [-0.25, -0.2) is 0 Å². The number of hydrogen-bond donors (Lipinski definition) is 0. The zero-order valence-electron chi connectivity index (χ0n) is 10.8. The topological polar surface area (TPSA) is 0 Å². The predicted molar refractivity (Wildman–Crippen MR) is 62.4 cm³/mol. The summed E-state index contributed by atoms with van der Waals surface area (Å²) >= 11 is 0. The summed E-state index contributed by atoms with van der Waals surface area (Å²) in [4.78, 5) is 0. The van der Waals surface area contributed by atoms with Gasteiger partial charge in [-0.2, -0.15) is 13.2 Å². The molecule has 0 amide bonds. The van der Waals surface area contributed by atoms with Crippen molar-refractivity contribution in [2.45, 2.75) is 78.3 Å². The molecule has 0 rings (SSSR count). The Morgan fingerprint density at radius 1 is 0.750 bits per heavy atom. The molecule has 0 aliphatic heterocycles. The van der Waals surface area contributed by atoms with Gasteiger partial charge in [-0.3, -0.25) is 0 Å². The summed E-state index contributed by atoms with van der Waals surface area (Å²) in [5.74, 6) is 0. The first-order chi connectivity index (χ1) is 7.31. The van der Waals surface area contributed by atoms with Crippen molar-refractivity contribution in [3.05, 3.63) is 0 Å². The van der Waals surface area contributed by atoms with E-state index in [2.05, 4.69) is 6.92 Å². The van der Waals surface area contributed by atoms with Crippen LogP contribution in [0.5, 0.6) is 0 Å². The van der Waals surface area contributed by atoms with Crippen LogP contribution in [0, 0.1) is 5.41 Å². The maximum atomic E-state index is 12.5. The molecule has 0 saturated carbocycles. The van der Waals surface area contributed by atoms with Gasteiger partial charge in [0.2, 0.25) is 0 Å². The van der Waals surface area contributed by atoms with E-state index in [1.807, 2.05) is 0 Å². The van der Waals surface area contributed by atoms with Gasteiger partial charge >= 0.3 is 6.18 Å². The Balaban J connectivity index is 3.51. The maximum Gasteiger partial charge on any atom is 0.393 e. The lowest BCUT2D eigenvalue weighted by Crippen LogP contribution is -2.31. The minimum atomic E-state index is -4.06. The average molecular weight is 238 g/mol. The van der Waals surface area contributed by atoms with Crippen molar-refractivity contribution in [1.82, 2.24) is 0 Å². The molecule has 0 aromatic heterocycles. The molecule has 0 N–H and O–H groups in total. The third kappa shape index (κ3) is 6.39. The highest BCUT2D eigenvalue weighted by atomic mass is 19.4. The molecule has 0 heterocycles. The fourth-order valence-corrected chi connectivity index (χ4v) is 1.67. The van der Waals surface area contributed by atoms with Crippen molar-refractivity contribution < 1.29 is 13.2 Å². The van der Waals surface area contributed by atoms with Gasteiger partial charge in [0, 0.05) is 0 Å². The van der Waals surface area contributed by atoms with Crippen LogP contribution in [-0.2, 0) is 0 Å². The van der Waals surface area contributed by atoms with Crippen molar-refractivity contribution in [1.29, 1.82) is 0 Å². The zero-order valence-corrected chi connectivity index (χ0v) is 10.8. The summed E-state index contributed by atoms with van der Waals surface area (Å²) in [6.45, 7) is 4.75. The molecule has 0 spiro atoms. The fourth-order valence-electron chi connectivity index (χ4n) is 1.67. The first-order valence-electron chi connectivity index (χ1n) is 6.38. The van der Waals surface area contributed by atoms with Crippen LogP contribution in [0.15, 0.2) is 0 Å². The Kier molecular flexibility index (Phi) is 7.09. The van der Waals surface area contributed by atoms with Crippen LogP contribution in [0.4, 0.5) is 13.2 Å². The normalized spacial score (nSPS) is 13.1. The molecule has 0 aliphatic carbocycles. The van der Waals surface area contributed by atoms with Crippen LogP contribution in [0.25, 0.3) is 0 Å². The van der Waals surface area contributed by atoms with E-state index in [-0.39, 0.29) is 6.42 Å². The summed E-state index contributed by atoms with van der Waals surface area (Å²) in [6, 6.07) is 0. The van der Waals surface area contributed by atoms with Crippen LogP contribution in [0.1, 0.15) is 72.1 Å². The molecule has 0 saturated heterocycles. The highest BCUT2D eigenvalue weighted by Crippen LogP contribution is 2.41. The number of unbranched alkanes of at least 4 members (excludes halogenated alkanes) is 6. The standard InChI is InChI=1S/C13H25F3/c1-4-5-6-7-8-9-10-11-12(2,3)13(14,15)16/h4-11H2,1-3H3.